The smallest absolute Gasteiger partial charge is 0.149 e. The van der Waals surface area contributed by atoms with Crippen LogP contribution in [0.3, 0.4) is 0 Å². The summed E-state index contributed by atoms with van der Waals surface area (Å²) in [5, 5.41) is 0. The highest BCUT2D eigenvalue weighted by Gasteiger charge is 2.16. The average Bonchev–Trinajstić information content (AvgIpc) is 2.43. The Labute approximate surface area is 89.3 Å². The molecule has 0 bridgehead atoms. The van der Waals surface area contributed by atoms with E-state index in [2.05, 4.69) is 21.8 Å². The van der Waals surface area contributed by atoms with Crippen molar-refractivity contribution < 1.29 is 4.74 Å². The molecule has 5 nitrogen and oxygen atoms in total. The minimum Gasteiger partial charge on any atom is -0.382 e. The summed E-state index contributed by atoms with van der Waals surface area (Å²) < 4.78 is 5.56. The molecule has 1 aromatic heterocycles. The fraction of sp³-hybridized carbons (Fsp3) is 0.600. The van der Waals surface area contributed by atoms with Crippen molar-refractivity contribution >= 4 is 11.6 Å². The van der Waals surface area contributed by atoms with Gasteiger partial charge in [0, 0.05) is 19.7 Å². The van der Waals surface area contributed by atoms with Crippen molar-refractivity contribution in [3.8, 4) is 0 Å². The molecule has 1 fully saturated rings. The van der Waals surface area contributed by atoms with Crippen LogP contribution in [0.1, 0.15) is 13.3 Å². The normalized spacial score (nSPS) is 22.5. The van der Waals surface area contributed by atoms with Crippen molar-refractivity contribution in [2.45, 2.75) is 19.4 Å². The van der Waals surface area contributed by atoms with Gasteiger partial charge in [-0.1, -0.05) is 0 Å². The summed E-state index contributed by atoms with van der Waals surface area (Å²) in [5.41, 5.74) is 5.61. The van der Waals surface area contributed by atoms with Crippen LogP contribution in [0.2, 0.25) is 0 Å². The Bertz CT molecular complexity index is 331. The predicted molar refractivity (Wildman–Crippen MR) is 58.7 cm³/mol. The fourth-order valence-corrected chi connectivity index (χ4v) is 1.73. The molecule has 0 aliphatic carbocycles. The minimum atomic E-state index is 0.232. The molecule has 1 unspecified atom stereocenters. The Balaban J connectivity index is 2.14. The molecule has 1 saturated heterocycles. The van der Waals surface area contributed by atoms with E-state index in [1.807, 2.05) is 0 Å². The molecule has 1 atom stereocenters. The molecular weight excluding hydrogens is 192 g/mol. The first kappa shape index (κ1) is 10.2. The molecular formula is C10H16N4O. The summed E-state index contributed by atoms with van der Waals surface area (Å²) in [5.74, 6) is 1.30. The zero-order chi connectivity index (χ0) is 10.7. The minimum absolute atomic E-state index is 0.232. The van der Waals surface area contributed by atoms with Gasteiger partial charge >= 0.3 is 0 Å². The average molecular weight is 208 g/mol. The number of hydrogen-bond donors (Lipinski definition) is 1. The first-order chi connectivity index (χ1) is 7.25. The van der Waals surface area contributed by atoms with E-state index in [4.69, 9.17) is 10.5 Å². The van der Waals surface area contributed by atoms with E-state index in [-0.39, 0.29) is 6.10 Å². The lowest BCUT2D eigenvalue weighted by Crippen LogP contribution is -2.31. The van der Waals surface area contributed by atoms with E-state index in [0.29, 0.717) is 5.82 Å². The lowest BCUT2D eigenvalue weighted by atomic mass is 10.3. The standard InChI is InChI=1S/C10H16N4O/c1-8-7-14(3-2-4-15-8)10-6-12-5-9(11)13-10/h5-6,8H,2-4,7H2,1H3,(H2,11,13). The van der Waals surface area contributed by atoms with Gasteiger partial charge in [0.1, 0.15) is 11.6 Å². The second-order valence-corrected chi connectivity index (χ2v) is 3.78. The van der Waals surface area contributed by atoms with Crippen LogP contribution < -0.4 is 10.6 Å². The Hall–Kier alpha value is -1.36. The maximum Gasteiger partial charge on any atom is 0.149 e. The molecule has 0 radical (unpaired) electrons. The van der Waals surface area contributed by atoms with Gasteiger partial charge in [-0.05, 0) is 13.3 Å². The maximum absolute atomic E-state index is 5.61. The van der Waals surface area contributed by atoms with Crippen LogP contribution in [0.4, 0.5) is 11.6 Å². The third kappa shape index (κ3) is 2.56. The zero-order valence-corrected chi connectivity index (χ0v) is 8.89. The second-order valence-electron chi connectivity index (χ2n) is 3.78. The van der Waals surface area contributed by atoms with E-state index < -0.39 is 0 Å². The quantitative estimate of drug-likeness (QED) is 0.735. The number of ether oxygens (including phenoxy) is 1. The van der Waals surface area contributed by atoms with Crippen LogP contribution >= 0.6 is 0 Å². The number of hydrogen-bond acceptors (Lipinski definition) is 5. The highest BCUT2D eigenvalue weighted by atomic mass is 16.5. The Morgan fingerprint density at radius 1 is 1.53 bits per heavy atom. The molecule has 5 heteroatoms. The van der Waals surface area contributed by atoms with Gasteiger partial charge < -0.3 is 15.4 Å². The van der Waals surface area contributed by atoms with Crippen molar-refractivity contribution in [2.24, 2.45) is 0 Å². The molecule has 0 aromatic carbocycles. The molecule has 2 N–H and O–H groups in total. The van der Waals surface area contributed by atoms with Crippen LogP contribution in [0.25, 0.3) is 0 Å². The van der Waals surface area contributed by atoms with Gasteiger partial charge in [0.15, 0.2) is 0 Å². The second kappa shape index (κ2) is 4.44. The van der Waals surface area contributed by atoms with Crippen LogP contribution in [-0.4, -0.2) is 35.8 Å². The summed E-state index contributed by atoms with van der Waals surface area (Å²) in [6, 6.07) is 0. The summed E-state index contributed by atoms with van der Waals surface area (Å²) in [6.45, 7) is 4.67. The molecule has 0 saturated carbocycles. The van der Waals surface area contributed by atoms with Crippen LogP contribution in [0.5, 0.6) is 0 Å². The molecule has 1 aromatic rings. The first-order valence-corrected chi connectivity index (χ1v) is 5.20. The van der Waals surface area contributed by atoms with Crippen molar-refractivity contribution in [1.82, 2.24) is 9.97 Å². The fourth-order valence-electron chi connectivity index (χ4n) is 1.73. The summed E-state index contributed by atoms with van der Waals surface area (Å²) in [6.07, 6.45) is 4.55. The Morgan fingerprint density at radius 3 is 3.20 bits per heavy atom. The molecule has 82 valence electrons. The van der Waals surface area contributed by atoms with Gasteiger partial charge in [0.25, 0.3) is 0 Å². The van der Waals surface area contributed by atoms with Crippen LogP contribution in [-0.2, 0) is 4.74 Å². The number of rotatable bonds is 1. The largest absolute Gasteiger partial charge is 0.382 e. The summed E-state index contributed by atoms with van der Waals surface area (Å²) in [4.78, 5) is 10.5. The zero-order valence-electron chi connectivity index (χ0n) is 8.89. The van der Waals surface area contributed by atoms with E-state index >= 15 is 0 Å². The molecule has 1 aliphatic heterocycles. The van der Waals surface area contributed by atoms with Crippen LogP contribution in [0.15, 0.2) is 12.4 Å². The van der Waals surface area contributed by atoms with E-state index in [1.165, 1.54) is 0 Å². The third-order valence-corrected chi connectivity index (χ3v) is 2.42. The van der Waals surface area contributed by atoms with E-state index in [0.717, 1.165) is 31.9 Å². The third-order valence-electron chi connectivity index (χ3n) is 2.42. The van der Waals surface area contributed by atoms with Gasteiger partial charge in [0.2, 0.25) is 0 Å². The maximum atomic E-state index is 5.61. The highest BCUT2D eigenvalue weighted by molar-refractivity contribution is 5.41. The number of nitrogen functional groups attached to an aromatic ring is 1. The molecule has 0 amide bonds. The Kier molecular flexibility index (Phi) is 3.01. The van der Waals surface area contributed by atoms with E-state index in [1.54, 1.807) is 12.4 Å². The van der Waals surface area contributed by atoms with Crippen molar-refractivity contribution in [3.05, 3.63) is 12.4 Å². The van der Waals surface area contributed by atoms with Crippen molar-refractivity contribution in [2.75, 3.05) is 30.3 Å². The number of aromatic nitrogens is 2. The summed E-state index contributed by atoms with van der Waals surface area (Å²) in [7, 11) is 0. The molecule has 1 aliphatic rings. The lowest BCUT2D eigenvalue weighted by molar-refractivity contribution is 0.0820. The molecule has 2 rings (SSSR count). The molecule has 2 heterocycles. The van der Waals surface area contributed by atoms with Crippen molar-refractivity contribution in [1.29, 1.82) is 0 Å². The number of nitrogens with zero attached hydrogens (tertiary/aromatic N) is 3. The van der Waals surface area contributed by atoms with Crippen LogP contribution in [0, 0.1) is 0 Å². The summed E-state index contributed by atoms with van der Waals surface area (Å²) >= 11 is 0. The lowest BCUT2D eigenvalue weighted by Gasteiger charge is -2.22. The number of nitrogens with two attached hydrogens (primary N) is 1. The topological polar surface area (TPSA) is 64.3 Å². The molecule has 15 heavy (non-hydrogen) atoms. The van der Waals surface area contributed by atoms with Crippen molar-refractivity contribution in [3.63, 3.8) is 0 Å². The first-order valence-electron chi connectivity index (χ1n) is 5.20. The monoisotopic (exact) mass is 208 g/mol. The van der Waals surface area contributed by atoms with Gasteiger partial charge in [-0.15, -0.1) is 0 Å². The van der Waals surface area contributed by atoms with Gasteiger partial charge in [-0.3, -0.25) is 4.98 Å². The predicted octanol–water partition coefficient (Wildman–Crippen LogP) is 0.674. The van der Waals surface area contributed by atoms with E-state index in [9.17, 15) is 0 Å². The van der Waals surface area contributed by atoms with Gasteiger partial charge in [-0.25, -0.2) is 4.98 Å². The SMILES string of the molecule is CC1CN(c2cncc(N)n2)CCCO1. The van der Waals surface area contributed by atoms with Gasteiger partial charge in [0.05, 0.1) is 18.5 Å². The number of anilines is 2. The van der Waals surface area contributed by atoms with Gasteiger partial charge in [-0.2, -0.15) is 0 Å². The Morgan fingerprint density at radius 2 is 2.40 bits per heavy atom. The molecule has 0 spiro atoms. The highest BCUT2D eigenvalue weighted by Crippen LogP contribution is 2.14.